The van der Waals surface area contributed by atoms with Gasteiger partial charge in [0, 0.05) is 11.5 Å². The second-order valence-electron chi connectivity index (χ2n) is 4.33. The zero-order valence-corrected chi connectivity index (χ0v) is 10.7. The quantitative estimate of drug-likeness (QED) is 0.647. The van der Waals surface area contributed by atoms with Crippen molar-refractivity contribution in [2.75, 3.05) is 0 Å². The SMILES string of the molecule is CC(C)(C)c1sc(S(N)(=O)=O)cc1[N+](=O)[O-]. The van der Waals surface area contributed by atoms with E-state index in [1.165, 1.54) is 0 Å². The monoisotopic (exact) mass is 264 g/mol. The molecule has 0 unspecified atom stereocenters. The summed E-state index contributed by atoms with van der Waals surface area (Å²) >= 11 is 0.847. The molecule has 8 heteroatoms. The van der Waals surface area contributed by atoms with Crippen molar-refractivity contribution >= 4 is 27.0 Å². The zero-order valence-electron chi connectivity index (χ0n) is 9.05. The molecule has 0 saturated carbocycles. The number of rotatable bonds is 2. The maximum absolute atomic E-state index is 11.1. The maximum atomic E-state index is 11.1. The molecule has 0 amide bonds. The Morgan fingerprint density at radius 2 is 1.94 bits per heavy atom. The Morgan fingerprint density at radius 3 is 2.19 bits per heavy atom. The van der Waals surface area contributed by atoms with Gasteiger partial charge >= 0.3 is 0 Å². The summed E-state index contributed by atoms with van der Waals surface area (Å²) in [6, 6.07) is 1.01. The summed E-state index contributed by atoms with van der Waals surface area (Å²) in [5.41, 5.74) is -0.683. The Balaban J connectivity index is 3.50. The number of nitro groups is 1. The number of hydrogen-bond donors (Lipinski definition) is 1. The van der Waals surface area contributed by atoms with E-state index in [2.05, 4.69) is 0 Å². The molecule has 0 radical (unpaired) electrons. The largest absolute Gasteiger partial charge is 0.285 e. The zero-order chi connectivity index (χ0) is 12.7. The summed E-state index contributed by atoms with van der Waals surface area (Å²) < 4.78 is 22.1. The fourth-order valence-electron chi connectivity index (χ4n) is 1.17. The summed E-state index contributed by atoms with van der Waals surface area (Å²) in [6.07, 6.45) is 0. The molecule has 1 aromatic rings. The van der Waals surface area contributed by atoms with Crippen LogP contribution in [0.4, 0.5) is 5.69 Å². The van der Waals surface area contributed by atoms with Crippen LogP contribution in [0.15, 0.2) is 10.3 Å². The smallest absolute Gasteiger partial charge is 0.258 e. The van der Waals surface area contributed by atoms with Gasteiger partial charge in [0.25, 0.3) is 5.69 Å². The third-order valence-electron chi connectivity index (χ3n) is 1.85. The highest BCUT2D eigenvalue weighted by Gasteiger charge is 2.31. The van der Waals surface area contributed by atoms with Crippen molar-refractivity contribution in [3.8, 4) is 0 Å². The number of sulfonamides is 1. The van der Waals surface area contributed by atoms with Gasteiger partial charge in [0.2, 0.25) is 10.0 Å². The van der Waals surface area contributed by atoms with Crippen LogP contribution in [0, 0.1) is 10.1 Å². The van der Waals surface area contributed by atoms with Gasteiger partial charge in [-0.15, -0.1) is 11.3 Å². The molecule has 0 atom stereocenters. The minimum absolute atomic E-state index is 0.177. The summed E-state index contributed by atoms with van der Waals surface area (Å²) in [4.78, 5) is 10.6. The molecule has 0 aromatic carbocycles. The molecule has 16 heavy (non-hydrogen) atoms. The van der Waals surface area contributed by atoms with Crippen molar-refractivity contribution in [2.45, 2.75) is 30.4 Å². The molecule has 90 valence electrons. The fourth-order valence-corrected chi connectivity index (χ4v) is 3.08. The lowest BCUT2D eigenvalue weighted by Crippen LogP contribution is -2.11. The molecule has 6 nitrogen and oxygen atoms in total. The van der Waals surface area contributed by atoms with Gasteiger partial charge in [-0.1, -0.05) is 20.8 Å². The Hall–Kier alpha value is -0.990. The van der Waals surface area contributed by atoms with Crippen molar-refractivity contribution in [3.63, 3.8) is 0 Å². The van der Waals surface area contributed by atoms with Gasteiger partial charge in [0.05, 0.1) is 9.80 Å². The molecule has 0 aliphatic carbocycles. The topological polar surface area (TPSA) is 103 Å². The van der Waals surface area contributed by atoms with Crippen LogP contribution in [0.5, 0.6) is 0 Å². The first-order valence-electron chi connectivity index (χ1n) is 4.35. The first-order valence-corrected chi connectivity index (χ1v) is 6.71. The van der Waals surface area contributed by atoms with Crippen molar-refractivity contribution in [2.24, 2.45) is 5.14 Å². The molecule has 0 spiro atoms. The number of nitrogens with zero attached hydrogens (tertiary/aromatic N) is 1. The van der Waals surface area contributed by atoms with Gasteiger partial charge in [-0.05, 0) is 0 Å². The predicted molar refractivity (Wildman–Crippen MR) is 61.0 cm³/mol. The van der Waals surface area contributed by atoms with E-state index in [9.17, 15) is 18.5 Å². The molecule has 1 rings (SSSR count). The van der Waals surface area contributed by atoms with Crippen LogP contribution in [0.25, 0.3) is 0 Å². The van der Waals surface area contributed by atoms with Crippen LogP contribution in [0.2, 0.25) is 0 Å². The lowest BCUT2D eigenvalue weighted by molar-refractivity contribution is -0.385. The standard InChI is InChI=1S/C8H12N2O4S2/c1-8(2,3)7-5(10(11)12)4-6(15-7)16(9,13)14/h4H,1-3H3,(H2,9,13,14). The second-order valence-corrected chi connectivity index (χ2v) is 7.17. The van der Waals surface area contributed by atoms with Gasteiger partial charge in [0.15, 0.2) is 0 Å². The molecule has 0 fully saturated rings. The number of primary sulfonamides is 1. The van der Waals surface area contributed by atoms with Crippen molar-refractivity contribution in [1.29, 1.82) is 0 Å². The van der Waals surface area contributed by atoms with Gasteiger partial charge in [-0.3, -0.25) is 10.1 Å². The van der Waals surface area contributed by atoms with E-state index in [4.69, 9.17) is 5.14 Å². The van der Waals surface area contributed by atoms with E-state index >= 15 is 0 Å². The minimum Gasteiger partial charge on any atom is -0.258 e. The Labute approximate surface area is 97.3 Å². The van der Waals surface area contributed by atoms with E-state index in [0.717, 1.165) is 17.4 Å². The first-order chi connectivity index (χ1) is 7.03. The van der Waals surface area contributed by atoms with Crippen LogP contribution in [0.3, 0.4) is 0 Å². The Kier molecular flexibility index (Phi) is 3.10. The maximum Gasteiger partial charge on any atom is 0.285 e. The number of nitrogens with two attached hydrogens (primary N) is 1. The number of thiophene rings is 1. The molecule has 2 N–H and O–H groups in total. The Bertz CT molecular complexity index is 525. The summed E-state index contributed by atoms with van der Waals surface area (Å²) in [5.74, 6) is 0. The van der Waals surface area contributed by atoms with E-state index in [1.807, 2.05) is 0 Å². The number of hydrogen-bond acceptors (Lipinski definition) is 5. The third-order valence-corrected chi connectivity index (χ3v) is 4.82. The Morgan fingerprint density at radius 1 is 1.44 bits per heavy atom. The molecular formula is C8H12N2O4S2. The highest BCUT2D eigenvalue weighted by molar-refractivity contribution is 7.91. The third kappa shape index (κ3) is 2.57. The van der Waals surface area contributed by atoms with E-state index in [-0.39, 0.29) is 9.90 Å². The first kappa shape index (κ1) is 13.1. The van der Waals surface area contributed by atoms with Crippen LogP contribution in [-0.4, -0.2) is 13.3 Å². The summed E-state index contributed by atoms with van der Waals surface area (Å²) in [5, 5.41) is 15.7. The van der Waals surface area contributed by atoms with Gasteiger partial charge in [-0.2, -0.15) is 0 Å². The van der Waals surface area contributed by atoms with Crippen LogP contribution < -0.4 is 5.14 Å². The lowest BCUT2D eigenvalue weighted by atomic mass is 9.94. The average molecular weight is 264 g/mol. The van der Waals surface area contributed by atoms with Crippen molar-refractivity contribution in [3.05, 3.63) is 21.1 Å². The molecule has 1 heterocycles. The van der Waals surface area contributed by atoms with E-state index in [0.29, 0.717) is 4.88 Å². The molecule has 0 aliphatic heterocycles. The van der Waals surface area contributed by atoms with Crippen molar-refractivity contribution in [1.82, 2.24) is 0 Å². The molecule has 0 saturated heterocycles. The minimum atomic E-state index is -3.88. The highest BCUT2D eigenvalue weighted by atomic mass is 32.2. The van der Waals surface area contributed by atoms with Gasteiger partial charge in [-0.25, -0.2) is 13.6 Å². The normalized spacial score (nSPS) is 12.8. The summed E-state index contributed by atoms with van der Waals surface area (Å²) in [7, 11) is -3.88. The predicted octanol–water partition coefficient (Wildman–Crippen LogP) is 1.60. The second kappa shape index (κ2) is 3.79. The van der Waals surface area contributed by atoms with Crippen LogP contribution in [0.1, 0.15) is 25.6 Å². The average Bonchev–Trinajstić information content (AvgIpc) is 2.44. The highest BCUT2D eigenvalue weighted by Crippen LogP contribution is 2.39. The molecule has 0 aliphatic rings. The van der Waals surface area contributed by atoms with E-state index in [1.54, 1.807) is 20.8 Å². The molecule has 0 bridgehead atoms. The van der Waals surface area contributed by atoms with Gasteiger partial charge in [0.1, 0.15) is 4.21 Å². The summed E-state index contributed by atoms with van der Waals surface area (Å²) in [6.45, 7) is 5.33. The van der Waals surface area contributed by atoms with Crippen LogP contribution >= 0.6 is 11.3 Å². The lowest BCUT2D eigenvalue weighted by Gasteiger charge is -2.14. The van der Waals surface area contributed by atoms with Crippen molar-refractivity contribution < 1.29 is 13.3 Å². The van der Waals surface area contributed by atoms with E-state index < -0.39 is 20.4 Å². The van der Waals surface area contributed by atoms with Crippen LogP contribution in [-0.2, 0) is 15.4 Å². The van der Waals surface area contributed by atoms with Gasteiger partial charge < -0.3 is 0 Å². The molecular weight excluding hydrogens is 252 g/mol. The molecule has 1 aromatic heterocycles. The fraction of sp³-hybridized carbons (Fsp3) is 0.500.